The number of methoxy groups -OCH3 is 5. The van der Waals surface area contributed by atoms with Crippen LogP contribution >= 0.6 is 0 Å². The molecule has 2 rings (SSSR count). The van der Waals surface area contributed by atoms with Gasteiger partial charge in [0, 0.05) is 7.11 Å². The molecule has 0 aliphatic rings. The molecule has 0 fully saturated rings. The summed E-state index contributed by atoms with van der Waals surface area (Å²) in [7, 11) is 7.87. The van der Waals surface area contributed by atoms with Crippen molar-refractivity contribution in [1.29, 1.82) is 0 Å². The summed E-state index contributed by atoms with van der Waals surface area (Å²) in [4.78, 5) is 0. The molecule has 0 amide bonds. The first kappa shape index (κ1) is 19.5. The molecule has 0 N–H and O–H groups in total. The van der Waals surface area contributed by atoms with Crippen molar-refractivity contribution in [3.05, 3.63) is 48.0 Å². The zero-order valence-electron chi connectivity index (χ0n) is 15.8. The third-order valence-electron chi connectivity index (χ3n) is 3.86. The fourth-order valence-electron chi connectivity index (χ4n) is 2.52. The molecule has 6 nitrogen and oxygen atoms in total. The summed E-state index contributed by atoms with van der Waals surface area (Å²) in [5, 5.41) is 0. The Kier molecular flexibility index (Phi) is 6.74. The Morgan fingerprint density at radius 1 is 0.731 bits per heavy atom. The van der Waals surface area contributed by atoms with Crippen LogP contribution in [-0.4, -0.2) is 42.3 Å². The highest BCUT2D eigenvalue weighted by atomic mass is 16.7. The predicted octanol–water partition coefficient (Wildman–Crippen LogP) is 3.77. The number of hydrogen-bond acceptors (Lipinski definition) is 6. The van der Waals surface area contributed by atoms with Crippen LogP contribution in [-0.2, 0) is 4.74 Å². The van der Waals surface area contributed by atoms with Gasteiger partial charge in [-0.3, -0.25) is 0 Å². The lowest BCUT2D eigenvalue weighted by Crippen LogP contribution is -2.01. The smallest absolute Gasteiger partial charge is 0.203 e. The summed E-state index contributed by atoms with van der Waals surface area (Å²) < 4.78 is 32.0. The highest BCUT2D eigenvalue weighted by Crippen LogP contribution is 2.41. The SMILES string of the molecule is C=C(c1ccc(OC)c(OCOC)c1)c1cc(OC)c(OC)c(OC)c1. The molecule has 6 heteroatoms. The minimum atomic E-state index is 0.121. The number of ether oxygens (including phenoxy) is 6. The zero-order chi connectivity index (χ0) is 19.1. The number of rotatable bonds is 9. The van der Waals surface area contributed by atoms with Crippen molar-refractivity contribution in [1.82, 2.24) is 0 Å². The van der Waals surface area contributed by atoms with Crippen molar-refractivity contribution in [2.45, 2.75) is 0 Å². The van der Waals surface area contributed by atoms with Crippen molar-refractivity contribution < 1.29 is 28.4 Å². The molecule has 0 aliphatic heterocycles. The quantitative estimate of drug-likeness (QED) is 0.635. The van der Waals surface area contributed by atoms with Gasteiger partial charge < -0.3 is 28.4 Å². The molecule has 2 aromatic rings. The molecule has 0 atom stereocenters. The van der Waals surface area contributed by atoms with Crippen molar-refractivity contribution in [2.75, 3.05) is 42.3 Å². The highest BCUT2D eigenvalue weighted by molar-refractivity contribution is 5.81. The van der Waals surface area contributed by atoms with Crippen LogP contribution in [0.2, 0.25) is 0 Å². The van der Waals surface area contributed by atoms with Gasteiger partial charge in [0.25, 0.3) is 0 Å². The standard InChI is InChI=1S/C20H24O6/c1-13(14-7-8-16(22-3)17(9-14)26-12-21-2)15-10-18(23-4)20(25-6)19(11-15)24-5/h7-11H,1,12H2,2-6H3. The van der Waals surface area contributed by atoms with Gasteiger partial charge in [-0.2, -0.15) is 0 Å². The average Bonchev–Trinajstić information content (AvgIpc) is 2.70. The summed E-state index contributed by atoms with van der Waals surface area (Å²) in [6, 6.07) is 9.28. The Hall–Kier alpha value is -2.86. The first-order chi connectivity index (χ1) is 12.6. The first-order valence-electron chi connectivity index (χ1n) is 7.89. The lowest BCUT2D eigenvalue weighted by atomic mass is 9.98. The van der Waals surface area contributed by atoms with Crippen LogP contribution in [0.25, 0.3) is 5.57 Å². The molecule has 140 valence electrons. The van der Waals surface area contributed by atoms with E-state index in [0.29, 0.717) is 28.7 Å². The molecule has 0 spiro atoms. The lowest BCUT2D eigenvalue weighted by Gasteiger charge is -2.16. The molecule has 0 bridgehead atoms. The van der Waals surface area contributed by atoms with Gasteiger partial charge in [-0.15, -0.1) is 0 Å². The van der Waals surface area contributed by atoms with Gasteiger partial charge in [0.05, 0.1) is 28.4 Å². The number of benzene rings is 2. The molecule has 0 aliphatic carbocycles. The van der Waals surface area contributed by atoms with Gasteiger partial charge in [-0.1, -0.05) is 12.6 Å². The maximum absolute atomic E-state index is 5.57. The normalized spacial score (nSPS) is 10.2. The molecular weight excluding hydrogens is 336 g/mol. The van der Waals surface area contributed by atoms with Crippen LogP contribution in [0.3, 0.4) is 0 Å². The second kappa shape index (κ2) is 9.01. The van der Waals surface area contributed by atoms with E-state index >= 15 is 0 Å². The Morgan fingerprint density at radius 2 is 1.31 bits per heavy atom. The minimum absolute atomic E-state index is 0.121. The second-order valence-corrected chi connectivity index (χ2v) is 5.31. The van der Waals surface area contributed by atoms with Crippen molar-refractivity contribution >= 4 is 5.57 Å². The van der Waals surface area contributed by atoms with Crippen LogP contribution in [0.5, 0.6) is 28.7 Å². The fourth-order valence-corrected chi connectivity index (χ4v) is 2.52. The first-order valence-corrected chi connectivity index (χ1v) is 7.89. The molecule has 0 radical (unpaired) electrons. The van der Waals surface area contributed by atoms with E-state index in [1.807, 2.05) is 30.3 Å². The maximum atomic E-state index is 5.57. The Labute approximate surface area is 153 Å². The Bertz CT molecular complexity index is 744. The monoisotopic (exact) mass is 360 g/mol. The van der Waals surface area contributed by atoms with Crippen molar-refractivity contribution in [3.63, 3.8) is 0 Å². The van der Waals surface area contributed by atoms with Gasteiger partial charge in [0.2, 0.25) is 5.75 Å². The van der Waals surface area contributed by atoms with Crippen LogP contribution < -0.4 is 23.7 Å². The van der Waals surface area contributed by atoms with E-state index in [2.05, 4.69) is 6.58 Å². The third kappa shape index (κ3) is 4.03. The van der Waals surface area contributed by atoms with Crippen LogP contribution in [0.4, 0.5) is 0 Å². The molecule has 0 saturated heterocycles. The summed E-state index contributed by atoms with van der Waals surface area (Å²) in [5.74, 6) is 2.84. The van der Waals surface area contributed by atoms with E-state index in [1.165, 1.54) is 0 Å². The van der Waals surface area contributed by atoms with Gasteiger partial charge in [0.1, 0.15) is 0 Å². The topological polar surface area (TPSA) is 55.4 Å². The largest absolute Gasteiger partial charge is 0.493 e. The molecule has 0 aromatic heterocycles. The molecule has 0 unspecified atom stereocenters. The summed E-state index contributed by atoms with van der Waals surface area (Å²) in [6.07, 6.45) is 0. The van der Waals surface area contributed by atoms with Gasteiger partial charge in [0.15, 0.2) is 29.8 Å². The zero-order valence-corrected chi connectivity index (χ0v) is 15.8. The molecule has 26 heavy (non-hydrogen) atoms. The van der Waals surface area contributed by atoms with E-state index in [4.69, 9.17) is 28.4 Å². The molecule has 0 heterocycles. The van der Waals surface area contributed by atoms with E-state index in [0.717, 1.165) is 16.7 Å². The lowest BCUT2D eigenvalue weighted by molar-refractivity contribution is 0.0491. The fraction of sp³-hybridized carbons (Fsp3) is 0.300. The minimum Gasteiger partial charge on any atom is -0.493 e. The molecule has 2 aromatic carbocycles. The van der Waals surface area contributed by atoms with E-state index in [1.54, 1.807) is 35.5 Å². The van der Waals surface area contributed by atoms with E-state index < -0.39 is 0 Å². The van der Waals surface area contributed by atoms with Gasteiger partial charge >= 0.3 is 0 Å². The summed E-state index contributed by atoms with van der Waals surface area (Å²) >= 11 is 0. The van der Waals surface area contributed by atoms with E-state index in [9.17, 15) is 0 Å². The summed E-state index contributed by atoms with van der Waals surface area (Å²) in [6.45, 7) is 4.32. The Balaban J connectivity index is 2.45. The summed E-state index contributed by atoms with van der Waals surface area (Å²) in [5.41, 5.74) is 2.47. The van der Waals surface area contributed by atoms with Gasteiger partial charge in [-0.25, -0.2) is 0 Å². The second-order valence-electron chi connectivity index (χ2n) is 5.31. The average molecular weight is 360 g/mol. The van der Waals surface area contributed by atoms with Crippen LogP contribution in [0.15, 0.2) is 36.9 Å². The van der Waals surface area contributed by atoms with Crippen molar-refractivity contribution in [3.8, 4) is 28.7 Å². The number of hydrogen-bond donors (Lipinski definition) is 0. The molecular formula is C20H24O6. The Morgan fingerprint density at radius 3 is 1.81 bits per heavy atom. The van der Waals surface area contributed by atoms with E-state index in [-0.39, 0.29) is 6.79 Å². The van der Waals surface area contributed by atoms with Crippen LogP contribution in [0.1, 0.15) is 11.1 Å². The highest BCUT2D eigenvalue weighted by Gasteiger charge is 2.16. The van der Waals surface area contributed by atoms with Crippen molar-refractivity contribution in [2.24, 2.45) is 0 Å². The maximum Gasteiger partial charge on any atom is 0.203 e. The van der Waals surface area contributed by atoms with Gasteiger partial charge in [-0.05, 0) is 41.0 Å². The third-order valence-corrected chi connectivity index (χ3v) is 3.86. The molecule has 0 saturated carbocycles. The van der Waals surface area contributed by atoms with Crippen LogP contribution in [0, 0.1) is 0 Å². The predicted molar refractivity (Wildman–Crippen MR) is 99.7 cm³/mol.